The molecule has 1 aromatic rings. The molecule has 0 radical (unpaired) electrons. The molecule has 0 amide bonds. The van der Waals surface area contributed by atoms with E-state index in [0.717, 1.165) is 36.3 Å². The summed E-state index contributed by atoms with van der Waals surface area (Å²) in [5.41, 5.74) is 3.23. The number of nitrogens with zero attached hydrogens (tertiary/aromatic N) is 2. The minimum absolute atomic E-state index is 0.0853. The fourth-order valence-corrected chi connectivity index (χ4v) is 4.94. The Labute approximate surface area is 202 Å². The molecular formula is C30H44N2O. The lowest BCUT2D eigenvalue weighted by Crippen LogP contribution is -2.12. The van der Waals surface area contributed by atoms with Crippen molar-refractivity contribution in [2.24, 2.45) is 0 Å². The first-order valence-corrected chi connectivity index (χ1v) is 13.3. The summed E-state index contributed by atoms with van der Waals surface area (Å²) in [6.45, 7) is 7.37. The molecular weight excluding hydrogens is 404 g/mol. The van der Waals surface area contributed by atoms with Crippen molar-refractivity contribution >= 4 is 5.57 Å². The van der Waals surface area contributed by atoms with Crippen molar-refractivity contribution in [1.29, 1.82) is 10.5 Å². The highest BCUT2D eigenvalue weighted by Crippen LogP contribution is 2.47. The van der Waals surface area contributed by atoms with Crippen molar-refractivity contribution in [3.05, 3.63) is 34.9 Å². The zero-order valence-corrected chi connectivity index (χ0v) is 21.3. The molecule has 0 saturated heterocycles. The van der Waals surface area contributed by atoms with E-state index in [4.69, 9.17) is 4.74 Å². The second-order valence-corrected chi connectivity index (χ2v) is 10.3. The van der Waals surface area contributed by atoms with E-state index in [0.29, 0.717) is 0 Å². The van der Waals surface area contributed by atoms with Crippen molar-refractivity contribution in [2.75, 3.05) is 6.61 Å². The maximum absolute atomic E-state index is 9.28. The molecule has 0 saturated carbocycles. The van der Waals surface area contributed by atoms with Crippen LogP contribution in [-0.4, -0.2) is 6.61 Å². The van der Waals surface area contributed by atoms with Crippen LogP contribution >= 0.6 is 0 Å². The van der Waals surface area contributed by atoms with Crippen LogP contribution in [0.15, 0.2) is 23.8 Å². The molecule has 1 aliphatic rings. The van der Waals surface area contributed by atoms with E-state index >= 15 is 0 Å². The summed E-state index contributed by atoms with van der Waals surface area (Å²) >= 11 is 0. The lowest BCUT2D eigenvalue weighted by molar-refractivity contribution is 0.303. The molecule has 0 spiro atoms. The molecule has 0 atom stereocenters. The van der Waals surface area contributed by atoms with E-state index in [1.165, 1.54) is 89.0 Å². The Hall–Kier alpha value is -2.26. The summed E-state index contributed by atoms with van der Waals surface area (Å²) in [4.78, 5) is 0. The molecule has 0 unspecified atom stereocenters. The largest absolute Gasteiger partial charge is 0.494 e. The number of ether oxygens (including phenoxy) is 1. The molecule has 180 valence electrons. The van der Waals surface area contributed by atoms with Crippen molar-refractivity contribution in [3.63, 3.8) is 0 Å². The summed E-state index contributed by atoms with van der Waals surface area (Å²) in [6, 6.07) is 10.2. The summed E-state index contributed by atoms with van der Waals surface area (Å²) in [5, 5.41) is 18.6. The van der Waals surface area contributed by atoms with Crippen LogP contribution in [0, 0.1) is 22.7 Å². The number of fused-ring (bicyclic) bond motifs is 1. The predicted octanol–water partition coefficient (Wildman–Crippen LogP) is 9.03. The highest BCUT2D eigenvalue weighted by Gasteiger charge is 2.35. The Balaban J connectivity index is 1.59. The lowest BCUT2D eigenvalue weighted by atomic mass is 9.86. The SMILES string of the molecule is CCCCCCCCCCCCCCCCOc1ccc2c(c1)C(C)(C)CC2=C(C#N)C#N. The molecule has 1 aliphatic carbocycles. The smallest absolute Gasteiger partial charge is 0.133 e. The van der Waals surface area contributed by atoms with Gasteiger partial charge in [0.05, 0.1) is 6.61 Å². The summed E-state index contributed by atoms with van der Waals surface area (Å²) in [7, 11) is 0. The molecule has 33 heavy (non-hydrogen) atoms. The first-order chi connectivity index (χ1) is 16.0. The maximum atomic E-state index is 9.28. The van der Waals surface area contributed by atoms with Gasteiger partial charge in [-0.05, 0) is 47.1 Å². The third-order valence-corrected chi connectivity index (χ3v) is 6.96. The van der Waals surface area contributed by atoms with Crippen molar-refractivity contribution < 1.29 is 4.74 Å². The maximum Gasteiger partial charge on any atom is 0.133 e. The molecule has 0 aliphatic heterocycles. The number of rotatable bonds is 16. The van der Waals surface area contributed by atoms with Crippen LogP contribution in [0.25, 0.3) is 5.57 Å². The molecule has 3 heteroatoms. The summed E-state index contributed by atoms with van der Waals surface area (Å²) in [5.74, 6) is 0.897. The fourth-order valence-electron chi connectivity index (χ4n) is 4.94. The Kier molecular flexibility index (Phi) is 12.1. The van der Waals surface area contributed by atoms with Gasteiger partial charge in [0.1, 0.15) is 23.5 Å². The van der Waals surface area contributed by atoms with Crippen molar-refractivity contribution in [3.8, 4) is 17.9 Å². The van der Waals surface area contributed by atoms with Crippen molar-refractivity contribution in [1.82, 2.24) is 0 Å². The first kappa shape index (κ1) is 27.0. The highest BCUT2D eigenvalue weighted by molar-refractivity contribution is 5.82. The first-order valence-electron chi connectivity index (χ1n) is 13.3. The number of benzene rings is 1. The van der Waals surface area contributed by atoms with E-state index in [1.807, 2.05) is 12.1 Å². The van der Waals surface area contributed by atoms with Crippen LogP contribution in [0.3, 0.4) is 0 Å². The number of hydrogen-bond donors (Lipinski definition) is 0. The van der Waals surface area contributed by atoms with Crippen LogP contribution in [0.5, 0.6) is 5.75 Å². The van der Waals surface area contributed by atoms with Crippen LogP contribution in [-0.2, 0) is 5.41 Å². The van der Waals surface area contributed by atoms with Gasteiger partial charge in [-0.25, -0.2) is 0 Å². The van der Waals surface area contributed by atoms with Gasteiger partial charge in [0, 0.05) is 0 Å². The third kappa shape index (κ3) is 8.89. The van der Waals surface area contributed by atoms with Gasteiger partial charge in [-0.2, -0.15) is 10.5 Å². The number of allylic oxidation sites excluding steroid dienone is 2. The fraction of sp³-hybridized carbons (Fsp3) is 0.667. The predicted molar refractivity (Wildman–Crippen MR) is 138 cm³/mol. The van der Waals surface area contributed by atoms with Crippen LogP contribution in [0.4, 0.5) is 0 Å². The van der Waals surface area contributed by atoms with E-state index in [9.17, 15) is 10.5 Å². The Morgan fingerprint density at radius 1 is 0.818 bits per heavy atom. The van der Waals surface area contributed by atoms with Gasteiger partial charge in [0.2, 0.25) is 0 Å². The number of nitriles is 2. The molecule has 0 heterocycles. The van der Waals surface area contributed by atoms with Gasteiger partial charge in [0.15, 0.2) is 0 Å². The number of hydrogen-bond acceptors (Lipinski definition) is 3. The molecule has 0 fully saturated rings. The van der Waals surface area contributed by atoms with Gasteiger partial charge in [-0.3, -0.25) is 0 Å². The van der Waals surface area contributed by atoms with E-state index in [1.54, 1.807) is 0 Å². The normalized spacial score (nSPS) is 13.9. The zero-order chi connectivity index (χ0) is 23.9. The lowest BCUT2D eigenvalue weighted by Gasteiger charge is -2.19. The topological polar surface area (TPSA) is 56.8 Å². The second kappa shape index (κ2) is 14.8. The second-order valence-electron chi connectivity index (χ2n) is 10.3. The monoisotopic (exact) mass is 448 g/mol. The average molecular weight is 449 g/mol. The molecule has 0 aromatic heterocycles. The van der Waals surface area contributed by atoms with Crippen LogP contribution in [0.2, 0.25) is 0 Å². The third-order valence-electron chi connectivity index (χ3n) is 6.96. The Morgan fingerprint density at radius 2 is 1.33 bits per heavy atom. The molecule has 1 aromatic carbocycles. The van der Waals surface area contributed by atoms with Gasteiger partial charge in [0.25, 0.3) is 0 Å². The molecule has 2 rings (SSSR count). The number of unbranched alkanes of at least 4 members (excludes halogenated alkanes) is 13. The standard InChI is InChI=1S/C30H44N2O/c1-4-5-6-7-8-9-10-11-12-13-14-15-16-17-20-33-26-18-19-27-28(25(23-31)24-32)22-30(2,3)29(27)21-26/h18-19,21H,4-17,20,22H2,1-3H3. The van der Waals surface area contributed by atoms with E-state index < -0.39 is 0 Å². The van der Waals surface area contributed by atoms with Crippen LogP contribution < -0.4 is 4.74 Å². The Bertz CT molecular complexity index is 822. The van der Waals surface area contributed by atoms with Crippen LogP contribution in [0.1, 0.15) is 128 Å². The quantitative estimate of drug-likeness (QED) is 0.187. The minimum atomic E-state index is -0.0853. The van der Waals surface area contributed by atoms with E-state index in [-0.39, 0.29) is 11.0 Å². The van der Waals surface area contributed by atoms with Crippen molar-refractivity contribution in [2.45, 2.75) is 122 Å². The zero-order valence-electron chi connectivity index (χ0n) is 21.3. The molecule has 3 nitrogen and oxygen atoms in total. The van der Waals surface area contributed by atoms with Gasteiger partial charge >= 0.3 is 0 Å². The van der Waals surface area contributed by atoms with Gasteiger partial charge < -0.3 is 4.74 Å². The Morgan fingerprint density at radius 3 is 1.85 bits per heavy atom. The highest BCUT2D eigenvalue weighted by atomic mass is 16.5. The van der Waals surface area contributed by atoms with E-state index in [2.05, 4.69) is 39.0 Å². The van der Waals surface area contributed by atoms with Gasteiger partial charge in [-0.15, -0.1) is 0 Å². The summed E-state index contributed by atoms with van der Waals surface area (Å²) < 4.78 is 6.03. The average Bonchev–Trinajstić information content (AvgIpc) is 3.07. The van der Waals surface area contributed by atoms with Gasteiger partial charge in [-0.1, -0.05) is 110 Å². The molecule has 0 bridgehead atoms. The minimum Gasteiger partial charge on any atom is -0.494 e. The summed E-state index contributed by atoms with van der Waals surface area (Å²) in [6.07, 6.45) is 19.8. The molecule has 0 N–H and O–H groups in total.